The summed E-state index contributed by atoms with van der Waals surface area (Å²) in [6.07, 6.45) is 1.69. The fraction of sp³-hybridized carbons (Fsp3) is 0.417. The summed E-state index contributed by atoms with van der Waals surface area (Å²) in [7, 11) is 1.37. The number of thioether (sulfide) groups is 1. The Kier molecular flexibility index (Phi) is 4.98. The van der Waals surface area contributed by atoms with Gasteiger partial charge in [-0.15, -0.1) is 10.2 Å². The highest BCUT2D eigenvalue weighted by atomic mass is 32.2. The number of carbonyl (C=O) groups is 1. The molecule has 2 aromatic rings. The predicted molar refractivity (Wildman–Crippen MR) is 73.2 cm³/mol. The molecule has 0 N–H and O–H groups in total. The molecule has 0 fully saturated rings. The highest BCUT2D eigenvalue weighted by Gasteiger charge is 2.25. The standard InChI is InChI=1S/C12H14N2O3S2/c1-3-4-9-13-14-12(17-9)19-10(11(15)16-2)8-5-6-18-7-8/h5-7,10H,3-4H2,1-2H3. The molecule has 0 aliphatic carbocycles. The first-order valence-electron chi connectivity index (χ1n) is 5.83. The van der Waals surface area contributed by atoms with Crippen LogP contribution in [-0.4, -0.2) is 23.3 Å². The molecule has 19 heavy (non-hydrogen) atoms. The van der Waals surface area contributed by atoms with Gasteiger partial charge in [0.15, 0.2) is 0 Å². The smallest absolute Gasteiger partial charge is 0.323 e. The van der Waals surface area contributed by atoms with Crippen LogP contribution < -0.4 is 0 Å². The van der Waals surface area contributed by atoms with Gasteiger partial charge in [0.1, 0.15) is 5.25 Å². The Labute approximate surface area is 119 Å². The molecule has 2 rings (SSSR count). The Balaban J connectivity index is 2.13. The number of rotatable bonds is 6. The summed E-state index contributed by atoms with van der Waals surface area (Å²) in [5, 5.41) is 11.6. The van der Waals surface area contributed by atoms with E-state index in [1.165, 1.54) is 30.2 Å². The van der Waals surface area contributed by atoms with Crippen molar-refractivity contribution in [3.05, 3.63) is 28.3 Å². The fourth-order valence-electron chi connectivity index (χ4n) is 1.48. The van der Waals surface area contributed by atoms with Crippen LogP contribution in [0.15, 0.2) is 26.5 Å². The Morgan fingerprint density at radius 3 is 3.05 bits per heavy atom. The molecule has 102 valence electrons. The van der Waals surface area contributed by atoms with Crippen LogP contribution in [0.1, 0.15) is 30.0 Å². The minimum atomic E-state index is -0.467. The highest BCUT2D eigenvalue weighted by molar-refractivity contribution is 8.00. The zero-order chi connectivity index (χ0) is 13.7. The zero-order valence-corrected chi connectivity index (χ0v) is 12.3. The fourth-order valence-corrected chi connectivity index (χ4v) is 3.17. The summed E-state index contributed by atoms with van der Waals surface area (Å²) >= 11 is 2.75. The van der Waals surface area contributed by atoms with Crippen molar-refractivity contribution in [3.63, 3.8) is 0 Å². The molecule has 1 unspecified atom stereocenters. The van der Waals surface area contributed by atoms with Gasteiger partial charge in [0.25, 0.3) is 5.22 Å². The van der Waals surface area contributed by atoms with Crippen LogP contribution in [0.25, 0.3) is 0 Å². The highest BCUT2D eigenvalue weighted by Crippen LogP contribution is 2.36. The molecule has 2 aromatic heterocycles. The van der Waals surface area contributed by atoms with E-state index >= 15 is 0 Å². The average molecular weight is 298 g/mol. The number of carbonyl (C=O) groups excluding carboxylic acids is 1. The molecule has 0 aliphatic rings. The summed E-state index contributed by atoms with van der Waals surface area (Å²) in [4.78, 5) is 11.8. The maximum atomic E-state index is 11.8. The van der Waals surface area contributed by atoms with Crippen molar-refractivity contribution in [3.8, 4) is 0 Å². The first-order chi connectivity index (χ1) is 9.24. The Bertz CT molecular complexity index is 525. The molecule has 5 nitrogen and oxygen atoms in total. The van der Waals surface area contributed by atoms with Gasteiger partial charge in [-0.25, -0.2) is 0 Å². The van der Waals surface area contributed by atoms with E-state index in [4.69, 9.17) is 9.15 Å². The molecule has 0 saturated carbocycles. The molecule has 0 amide bonds. The minimum absolute atomic E-state index is 0.321. The van der Waals surface area contributed by atoms with Gasteiger partial charge in [-0.3, -0.25) is 4.79 Å². The van der Waals surface area contributed by atoms with Crippen molar-refractivity contribution in [2.75, 3.05) is 7.11 Å². The number of hydrogen-bond acceptors (Lipinski definition) is 7. The van der Waals surface area contributed by atoms with Crippen molar-refractivity contribution in [1.82, 2.24) is 10.2 Å². The SMILES string of the molecule is CCCc1nnc(SC(C(=O)OC)c2ccsc2)o1. The molecule has 0 radical (unpaired) electrons. The second kappa shape index (κ2) is 6.72. The summed E-state index contributed by atoms with van der Waals surface area (Å²) in [6.45, 7) is 2.04. The summed E-state index contributed by atoms with van der Waals surface area (Å²) in [5.41, 5.74) is 0.886. The van der Waals surface area contributed by atoms with Gasteiger partial charge in [0.05, 0.1) is 7.11 Å². The van der Waals surface area contributed by atoms with Crippen molar-refractivity contribution < 1.29 is 13.9 Å². The van der Waals surface area contributed by atoms with E-state index in [0.717, 1.165) is 18.4 Å². The summed E-state index contributed by atoms with van der Waals surface area (Å²) in [6, 6.07) is 1.89. The largest absolute Gasteiger partial charge is 0.468 e. The van der Waals surface area contributed by atoms with Crippen molar-refractivity contribution >= 4 is 29.1 Å². The third-order valence-electron chi connectivity index (χ3n) is 2.39. The number of ether oxygens (including phenoxy) is 1. The molecular formula is C12H14N2O3S2. The first-order valence-corrected chi connectivity index (χ1v) is 7.65. The van der Waals surface area contributed by atoms with Crippen molar-refractivity contribution in [1.29, 1.82) is 0 Å². The van der Waals surface area contributed by atoms with Crippen molar-refractivity contribution in [2.24, 2.45) is 0 Å². The third-order valence-corrected chi connectivity index (χ3v) is 4.16. The lowest BCUT2D eigenvalue weighted by atomic mass is 10.2. The van der Waals surface area contributed by atoms with E-state index in [1.807, 2.05) is 23.8 Å². The molecule has 0 bridgehead atoms. The van der Waals surface area contributed by atoms with Gasteiger partial charge < -0.3 is 9.15 Å². The molecule has 2 heterocycles. The predicted octanol–water partition coefficient (Wildman–Crippen LogP) is 3.09. The Hall–Kier alpha value is -1.34. The number of hydrogen-bond donors (Lipinski definition) is 0. The first kappa shape index (κ1) is 14.1. The van der Waals surface area contributed by atoms with E-state index in [9.17, 15) is 4.79 Å². The maximum absolute atomic E-state index is 11.8. The molecule has 0 aliphatic heterocycles. The van der Waals surface area contributed by atoms with Crippen molar-refractivity contribution in [2.45, 2.75) is 30.2 Å². The van der Waals surface area contributed by atoms with Gasteiger partial charge in [-0.2, -0.15) is 11.3 Å². The molecule has 0 spiro atoms. The number of aromatic nitrogens is 2. The Morgan fingerprint density at radius 2 is 2.42 bits per heavy atom. The molecule has 0 saturated heterocycles. The van der Waals surface area contributed by atoms with Gasteiger partial charge in [0.2, 0.25) is 5.89 Å². The van der Waals surface area contributed by atoms with Gasteiger partial charge in [-0.1, -0.05) is 6.92 Å². The second-order valence-corrected chi connectivity index (χ2v) is 5.63. The number of aryl methyl sites for hydroxylation is 1. The van der Waals surface area contributed by atoms with E-state index in [-0.39, 0.29) is 5.97 Å². The molecule has 1 atom stereocenters. The third kappa shape index (κ3) is 3.57. The van der Waals surface area contributed by atoms with Crippen LogP contribution in [0, 0.1) is 0 Å². The van der Waals surface area contributed by atoms with E-state index in [1.54, 1.807) is 0 Å². The molecule has 7 heteroatoms. The number of esters is 1. The summed E-state index contributed by atoms with van der Waals surface area (Å²) in [5.74, 6) is 0.276. The van der Waals surface area contributed by atoms with E-state index < -0.39 is 5.25 Å². The van der Waals surface area contributed by atoms with Crippen LogP contribution >= 0.6 is 23.1 Å². The lowest BCUT2D eigenvalue weighted by Gasteiger charge is -2.09. The maximum Gasteiger partial charge on any atom is 0.323 e. The van der Waals surface area contributed by atoms with E-state index in [2.05, 4.69) is 10.2 Å². The second-order valence-electron chi connectivity index (χ2n) is 3.79. The monoisotopic (exact) mass is 298 g/mol. The number of methoxy groups -OCH3 is 1. The minimum Gasteiger partial charge on any atom is -0.468 e. The average Bonchev–Trinajstić information content (AvgIpc) is 3.06. The number of thiophene rings is 1. The van der Waals surface area contributed by atoms with Gasteiger partial charge in [0, 0.05) is 6.42 Å². The molecule has 0 aromatic carbocycles. The van der Waals surface area contributed by atoms with Crippen LogP contribution in [-0.2, 0) is 16.0 Å². The van der Waals surface area contributed by atoms with Crippen LogP contribution in [0.2, 0.25) is 0 Å². The van der Waals surface area contributed by atoms with E-state index in [0.29, 0.717) is 11.1 Å². The van der Waals surface area contributed by atoms with Crippen LogP contribution in [0.3, 0.4) is 0 Å². The topological polar surface area (TPSA) is 65.2 Å². The number of nitrogens with zero attached hydrogens (tertiary/aromatic N) is 2. The quantitative estimate of drug-likeness (QED) is 0.603. The van der Waals surface area contributed by atoms with Gasteiger partial charge >= 0.3 is 5.97 Å². The lowest BCUT2D eigenvalue weighted by molar-refractivity contribution is -0.140. The van der Waals surface area contributed by atoms with Crippen LogP contribution in [0.5, 0.6) is 0 Å². The molecular weight excluding hydrogens is 284 g/mol. The summed E-state index contributed by atoms with van der Waals surface area (Å²) < 4.78 is 10.3. The van der Waals surface area contributed by atoms with Crippen LogP contribution in [0.4, 0.5) is 0 Å². The lowest BCUT2D eigenvalue weighted by Crippen LogP contribution is -2.10. The Morgan fingerprint density at radius 1 is 1.58 bits per heavy atom. The normalized spacial score (nSPS) is 12.3. The zero-order valence-electron chi connectivity index (χ0n) is 10.7. The van der Waals surface area contributed by atoms with Gasteiger partial charge in [-0.05, 0) is 40.6 Å².